The molecule has 11 rings (SSSR count). The second kappa shape index (κ2) is 10.2. The van der Waals surface area contributed by atoms with Crippen molar-refractivity contribution in [2.24, 2.45) is 0 Å². The first-order valence-electron chi connectivity index (χ1n) is 16.9. The van der Waals surface area contributed by atoms with Crippen molar-refractivity contribution in [3.05, 3.63) is 170 Å². The monoisotopic (exact) mass is 636 g/mol. The second-order valence-corrected chi connectivity index (χ2v) is 14.2. The predicted molar refractivity (Wildman–Crippen MR) is 213 cm³/mol. The van der Waals surface area contributed by atoms with Gasteiger partial charge in [-0.25, -0.2) is 0 Å². The minimum Gasteiger partial charge on any atom is -0.135 e. The molecule has 10 aromatic rings. The molecule has 9 aromatic carbocycles. The van der Waals surface area contributed by atoms with Gasteiger partial charge in [0.1, 0.15) is 0 Å². The molecule has 0 atom stereocenters. The van der Waals surface area contributed by atoms with Gasteiger partial charge < -0.3 is 0 Å². The molecular formula is C48H28S. The van der Waals surface area contributed by atoms with E-state index in [1.807, 2.05) is 11.3 Å². The van der Waals surface area contributed by atoms with E-state index in [1.165, 1.54) is 108 Å². The molecule has 0 unspecified atom stereocenters. The van der Waals surface area contributed by atoms with E-state index in [9.17, 15) is 0 Å². The molecule has 1 heteroatoms. The summed E-state index contributed by atoms with van der Waals surface area (Å²) in [5, 5.41) is 10.4. The zero-order valence-electron chi connectivity index (χ0n) is 26.6. The summed E-state index contributed by atoms with van der Waals surface area (Å²) in [6, 6.07) is 63.4. The summed E-state index contributed by atoms with van der Waals surface area (Å²) in [4.78, 5) is 0. The van der Waals surface area contributed by atoms with Crippen LogP contribution in [0.4, 0.5) is 0 Å². The van der Waals surface area contributed by atoms with Gasteiger partial charge in [-0.2, -0.15) is 0 Å². The highest BCUT2D eigenvalue weighted by molar-refractivity contribution is 7.26. The third-order valence-electron chi connectivity index (χ3n) is 10.6. The fourth-order valence-corrected chi connectivity index (χ4v) is 9.77. The van der Waals surface area contributed by atoms with Crippen LogP contribution in [0.3, 0.4) is 0 Å². The maximum atomic E-state index is 2.48. The van der Waals surface area contributed by atoms with Gasteiger partial charge in [0.25, 0.3) is 0 Å². The van der Waals surface area contributed by atoms with Crippen molar-refractivity contribution < 1.29 is 0 Å². The number of thiophene rings is 1. The maximum Gasteiger partial charge on any atom is 0.0434 e. The quantitative estimate of drug-likeness (QED) is 0.157. The molecule has 0 fully saturated rings. The van der Waals surface area contributed by atoms with Crippen molar-refractivity contribution in [1.82, 2.24) is 0 Å². The van der Waals surface area contributed by atoms with Gasteiger partial charge in [0.05, 0.1) is 0 Å². The highest BCUT2D eigenvalue weighted by Crippen LogP contribution is 2.53. The van der Waals surface area contributed by atoms with Gasteiger partial charge in [-0.05, 0) is 101 Å². The highest BCUT2D eigenvalue weighted by atomic mass is 32.1. The summed E-state index contributed by atoms with van der Waals surface area (Å²) in [6.45, 7) is 0. The Bertz CT molecular complexity index is 2990. The lowest BCUT2D eigenvalue weighted by Gasteiger charge is -2.26. The Labute approximate surface area is 288 Å². The van der Waals surface area contributed by atoms with E-state index in [0.717, 1.165) is 0 Å². The van der Waals surface area contributed by atoms with E-state index in [2.05, 4.69) is 170 Å². The summed E-state index contributed by atoms with van der Waals surface area (Å²) in [6.07, 6.45) is 0. The van der Waals surface area contributed by atoms with Gasteiger partial charge >= 0.3 is 0 Å². The van der Waals surface area contributed by atoms with Crippen LogP contribution in [0.2, 0.25) is 0 Å². The average Bonchev–Trinajstić information content (AvgIpc) is 3.56. The van der Waals surface area contributed by atoms with Crippen LogP contribution in [0.15, 0.2) is 170 Å². The Kier molecular flexibility index (Phi) is 5.64. The summed E-state index contributed by atoms with van der Waals surface area (Å²) in [5.41, 5.74) is 12.8. The molecule has 0 aliphatic heterocycles. The predicted octanol–water partition coefficient (Wildman–Crippen LogP) is 14.2. The Morgan fingerprint density at radius 2 is 0.633 bits per heavy atom. The van der Waals surface area contributed by atoms with Gasteiger partial charge in [0, 0.05) is 25.7 Å². The van der Waals surface area contributed by atoms with Gasteiger partial charge in [-0.15, -0.1) is 11.3 Å². The molecule has 1 aliphatic rings. The van der Waals surface area contributed by atoms with E-state index in [0.29, 0.717) is 0 Å². The third-order valence-corrected chi connectivity index (χ3v) is 11.9. The maximum absolute atomic E-state index is 2.48. The van der Waals surface area contributed by atoms with E-state index in [1.54, 1.807) is 0 Å². The summed E-state index contributed by atoms with van der Waals surface area (Å²) in [7, 11) is 0. The lowest BCUT2D eigenvalue weighted by Crippen LogP contribution is -1.99. The van der Waals surface area contributed by atoms with Gasteiger partial charge in [0.15, 0.2) is 0 Å². The smallest absolute Gasteiger partial charge is 0.0434 e. The number of hydrogen-bond donors (Lipinski definition) is 0. The summed E-state index contributed by atoms with van der Waals surface area (Å²) >= 11 is 1.90. The number of rotatable bonds is 1. The molecule has 1 heterocycles. The Morgan fingerprint density at radius 1 is 0.245 bits per heavy atom. The van der Waals surface area contributed by atoms with E-state index >= 15 is 0 Å². The molecule has 226 valence electrons. The zero-order valence-corrected chi connectivity index (χ0v) is 27.4. The molecule has 49 heavy (non-hydrogen) atoms. The standard InChI is InChI=1S/C48H28S/c1-4-16-32-29(13-1)30-14-2-5-17-33(30)43-28-45-35-19-7-8-21-37(35)47-38(31-15-3-6-18-34(31)44(45)27-42(32)43)22-11-23-39(47)41-25-12-24-40-36-20-9-10-26-46(36)49-48(40)41/h1-28H. The molecule has 1 aromatic heterocycles. The van der Waals surface area contributed by atoms with Crippen molar-refractivity contribution in [1.29, 1.82) is 0 Å². The van der Waals surface area contributed by atoms with Crippen molar-refractivity contribution in [2.45, 2.75) is 0 Å². The lowest BCUT2D eigenvalue weighted by atomic mass is 9.77. The first kappa shape index (κ1) is 27.0. The van der Waals surface area contributed by atoms with Crippen LogP contribution in [-0.4, -0.2) is 0 Å². The van der Waals surface area contributed by atoms with Crippen LogP contribution in [0, 0.1) is 0 Å². The molecule has 0 N–H and O–H groups in total. The molecule has 0 amide bonds. The molecule has 0 bridgehead atoms. The number of hydrogen-bond acceptors (Lipinski definition) is 1. The Balaban J connectivity index is 1.30. The van der Waals surface area contributed by atoms with Crippen molar-refractivity contribution in [3.63, 3.8) is 0 Å². The highest BCUT2D eigenvalue weighted by Gasteiger charge is 2.26. The van der Waals surface area contributed by atoms with E-state index in [4.69, 9.17) is 0 Å². The molecule has 0 saturated carbocycles. The zero-order chi connectivity index (χ0) is 32.1. The Hall–Kier alpha value is -6.02. The van der Waals surface area contributed by atoms with Crippen LogP contribution in [0.1, 0.15) is 0 Å². The van der Waals surface area contributed by atoms with Gasteiger partial charge in [0.2, 0.25) is 0 Å². The summed E-state index contributed by atoms with van der Waals surface area (Å²) in [5.74, 6) is 0. The molecular weight excluding hydrogens is 609 g/mol. The average molecular weight is 637 g/mol. The Morgan fingerprint density at radius 3 is 1.27 bits per heavy atom. The van der Waals surface area contributed by atoms with E-state index in [-0.39, 0.29) is 0 Å². The third kappa shape index (κ3) is 3.79. The topological polar surface area (TPSA) is 0 Å². The fraction of sp³-hybridized carbons (Fsp3) is 0. The van der Waals surface area contributed by atoms with Crippen LogP contribution in [0.5, 0.6) is 0 Å². The largest absolute Gasteiger partial charge is 0.135 e. The molecule has 1 aliphatic carbocycles. The molecule has 0 nitrogen and oxygen atoms in total. The first-order valence-corrected chi connectivity index (χ1v) is 17.8. The van der Waals surface area contributed by atoms with Crippen LogP contribution >= 0.6 is 11.3 Å². The van der Waals surface area contributed by atoms with Gasteiger partial charge in [-0.3, -0.25) is 0 Å². The van der Waals surface area contributed by atoms with Crippen LogP contribution in [-0.2, 0) is 0 Å². The van der Waals surface area contributed by atoms with E-state index < -0.39 is 0 Å². The number of benzene rings is 9. The normalized spacial score (nSPS) is 12.1. The minimum absolute atomic E-state index is 1.27. The van der Waals surface area contributed by atoms with Gasteiger partial charge in [-0.1, -0.05) is 152 Å². The SMILES string of the molecule is c1ccc2c(c1)-c1cc3c4ccccc4c4ccccc4c3cc1-c1ccccc1-c1c-2cccc1-c1cccc2c1sc1ccccc12. The fourth-order valence-electron chi connectivity index (χ4n) is 8.54. The van der Waals surface area contributed by atoms with Crippen molar-refractivity contribution in [2.75, 3.05) is 0 Å². The summed E-state index contributed by atoms with van der Waals surface area (Å²) < 4.78 is 2.67. The van der Waals surface area contributed by atoms with Crippen LogP contribution in [0.25, 0.3) is 108 Å². The first-order chi connectivity index (χ1) is 24.3. The van der Waals surface area contributed by atoms with Crippen LogP contribution < -0.4 is 0 Å². The second-order valence-electron chi connectivity index (χ2n) is 13.1. The lowest BCUT2D eigenvalue weighted by molar-refractivity contribution is 1.53. The van der Waals surface area contributed by atoms with Crippen molar-refractivity contribution in [3.8, 4) is 55.6 Å². The minimum atomic E-state index is 1.27. The molecule has 0 radical (unpaired) electrons. The molecule has 0 spiro atoms. The molecule has 0 saturated heterocycles. The van der Waals surface area contributed by atoms with Crippen molar-refractivity contribution >= 4 is 63.8 Å². The number of fused-ring (bicyclic) bond motifs is 17.